The minimum absolute atomic E-state index is 0.169. The van der Waals surface area contributed by atoms with Crippen molar-refractivity contribution in [3.05, 3.63) is 71.3 Å². The average molecular weight is 302 g/mol. The molecule has 112 valence electrons. The Labute approximate surface area is 125 Å². The van der Waals surface area contributed by atoms with Gasteiger partial charge < -0.3 is 10.4 Å². The van der Waals surface area contributed by atoms with Crippen molar-refractivity contribution in [2.24, 2.45) is 0 Å². The lowest BCUT2D eigenvalue weighted by Gasteiger charge is -2.16. The molecule has 4 nitrogen and oxygen atoms in total. The van der Waals surface area contributed by atoms with E-state index in [1.54, 1.807) is 36.4 Å². The van der Waals surface area contributed by atoms with Crippen LogP contribution in [0.4, 0.5) is 8.78 Å². The van der Waals surface area contributed by atoms with Crippen LogP contribution < -0.4 is 5.32 Å². The summed E-state index contributed by atoms with van der Waals surface area (Å²) in [5, 5.41) is 21.2. The maximum Gasteiger partial charge on any atom is 0.254 e. The van der Waals surface area contributed by atoms with Crippen molar-refractivity contribution in [1.29, 1.82) is 5.26 Å². The van der Waals surface area contributed by atoms with Gasteiger partial charge in [0.05, 0.1) is 6.07 Å². The van der Waals surface area contributed by atoms with Gasteiger partial charge in [-0.15, -0.1) is 0 Å². The molecule has 2 rings (SSSR count). The molecule has 0 spiro atoms. The number of nitrogens with one attached hydrogen (secondary N) is 1. The number of rotatable bonds is 4. The van der Waals surface area contributed by atoms with Gasteiger partial charge in [-0.05, 0) is 11.6 Å². The predicted molar refractivity (Wildman–Crippen MR) is 74.3 cm³/mol. The Morgan fingerprint density at radius 2 is 1.86 bits per heavy atom. The largest absolute Gasteiger partial charge is 0.378 e. The highest BCUT2D eigenvalue weighted by Gasteiger charge is 2.23. The smallest absolute Gasteiger partial charge is 0.254 e. The maximum absolute atomic E-state index is 13.7. The number of carbonyl (C=O) groups is 1. The molecule has 0 aliphatic heterocycles. The number of aliphatic hydroxyl groups is 1. The number of nitrogens with zero attached hydrogens (tertiary/aromatic N) is 1. The minimum Gasteiger partial charge on any atom is -0.378 e. The van der Waals surface area contributed by atoms with E-state index in [-0.39, 0.29) is 5.56 Å². The van der Waals surface area contributed by atoms with E-state index in [9.17, 15) is 18.7 Å². The third kappa shape index (κ3) is 3.45. The standard InChI is InChI=1S/C16H12F2N2O2/c17-11-6-7-12(13(18)8-11)14(9-19)20-16(22)15(21)10-4-2-1-3-5-10/h1-8,14-15,21H,(H,20,22). The highest BCUT2D eigenvalue weighted by molar-refractivity contribution is 5.82. The molecule has 0 aliphatic rings. The Balaban J connectivity index is 2.17. The van der Waals surface area contributed by atoms with Crippen LogP contribution in [0.2, 0.25) is 0 Å². The Morgan fingerprint density at radius 3 is 2.45 bits per heavy atom. The molecule has 0 saturated heterocycles. The molecule has 6 heteroatoms. The quantitative estimate of drug-likeness (QED) is 0.910. The van der Waals surface area contributed by atoms with Crippen LogP contribution in [0.5, 0.6) is 0 Å². The lowest BCUT2D eigenvalue weighted by Crippen LogP contribution is -2.32. The number of carbonyl (C=O) groups excluding carboxylic acids is 1. The van der Waals surface area contributed by atoms with Crippen LogP contribution in [-0.4, -0.2) is 11.0 Å². The van der Waals surface area contributed by atoms with Crippen LogP contribution in [0, 0.1) is 23.0 Å². The van der Waals surface area contributed by atoms with Gasteiger partial charge in [-0.3, -0.25) is 4.79 Å². The molecule has 0 aromatic heterocycles. The molecule has 2 N–H and O–H groups in total. The average Bonchev–Trinajstić information content (AvgIpc) is 2.53. The molecule has 2 atom stereocenters. The first kappa shape index (κ1) is 15.6. The lowest BCUT2D eigenvalue weighted by atomic mass is 10.1. The Kier molecular flexibility index (Phi) is 4.81. The number of halogens is 2. The number of benzene rings is 2. The summed E-state index contributed by atoms with van der Waals surface area (Å²) in [7, 11) is 0. The third-order valence-electron chi connectivity index (χ3n) is 3.05. The third-order valence-corrected chi connectivity index (χ3v) is 3.05. The zero-order chi connectivity index (χ0) is 16.1. The van der Waals surface area contributed by atoms with Gasteiger partial charge in [0, 0.05) is 11.6 Å². The maximum atomic E-state index is 13.7. The van der Waals surface area contributed by atoms with E-state index in [1.165, 1.54) is 0 Å². The zero-order valence-corrected chi connectivity index (χ0v) is 11.3. The molecule has 1 amide bonds. The zero-order valence-electron chi connectivity index (χ0n) is 11.3. The first-order chi connectivity index (χ1) is 10.5. The van der Waals surface area contributed by atoms with Crippen LogP contribution in [0.1, 0.15) is 23.3 Å². The summed E-state index contributed by atoms with van der Waals surface area (Å²) < 4.78 is 26.5. The lowest BCUT2D eigenvalue weighted by molar-refractivity contribution is -0.130. The Morgan fingerprint density at radius 1 is 1.18 bits per heavy atom. The van der Waals surface area contributed by atoms with E-state index in [4.69, 9.17) is 5.26 Å². The number of hydrogen-bond donors (Lipinski definition) is 2. The molecular weight excluding hydrogens is 290 g/mol. The monoisotopic (exact) mass is 302 g/mol. The Hall–Kier alpha value is -2.78. The van der Waals surface area contributed by atoms with E-state index in [2.05, 4.69) is 5.32 Å². The topological polar surface area (TPSA) is 73.1 Å². The SMILES string of the molecule is N#CC(NC(=O)C(O)c1ccccc1)c1ccc(F)cc1F. The van der Waals surface area contributed by atoms with Crippen molar-refractivity contribution in [3.63, 3.8) is 0 Å². The summed E-state index contributed by atoms with van der Waals surface area (Å²) in [4.78, 5) is 12.0. The number of hydrogen-bond acceptors (Lipinski definition) is 3. The first-order valence-corrected chi connectivity index (χ1v) is 6.41. The van der Waals surface area contributed by atoms with Crippen molar-refractivity contribution in [2.75, 3.05) is 0 Å². The molecule has 0 fully saturated rings. The summed E-state index contributed by atoms with van der Waals surface area (Å²) in [6.07, 6.45) is -1.49. The summed E-state index contributed by atoms with van der Waals surface area (Å²) in [5.74, 6) is -2.57. The normalized spacial score (nSPS) is 13.0. The fourth-order valence-electron chi connectivity index (χ4n) is 1.92. The van der Waals surface area contributed by atoms with Crippen molar-refractivity contribution >= 4 is 5.91 Å². The second-order valence-corrected chi connectivity index (χ2v) is 4.55. The summed E-state index contributed by atoms with van der Waals surface area (Å²) in [6.45, 7) is 0. The van der Waals surface area contributed by atoms with Gasteiger partial charge >= 0.3 is 0 Å². The molecule has 0 heterocycles. The molecule has 0 radical (unpaired) electrons. The van der Waals surface area contributed by atoms with Gasteiger partial charge in [0.2, 0.25) is 0 Å². The Bertz CT molecular complexity index is 714. The number of amides is 1. The first-order valence-electron chi connectivity index (χ1n) is 6.41. The van der Waals surface area contributed by atoms with E-state index in [0.29, 0.717) is 11.6 Å². The van der Waals surface area contributed by atoms with Gasteiger partial charge in [0.1, 0.15) is 17.7 Å². The van der Waals surface area contributed by atoms with E-state index >= 15 is 0 Å². The van der Waals surface area contributed by atoms with Gasteiger partial charge in [-0.2, -0.15) is 5.26 Å². The molecular formula is C16H12F2N2O2. The summed E-state index contributed by atoms with van der Waals surface area (Å²) in [6, 6.07) is 11.2. The molecule has 2 aromatic rings. The number of aliphatic hydroxyl groups excluding tert-OH is 1. The minimum atomic E-state index is -1.49. The van der Waals surface area contributed by atoms with Crippen LogP contribution in [-0.2, 0) is 4.79 Å². The highest BCUT2D eigenvalue weighted by atomic mass is 19.1. The second-order valence-electron chi connectivity index (χ2n) is 4.55. The van der Waals surface area contributed by atoms with Gasteiger partial charge in [-0.25, -0.2) is 8.78 Å². The van der Waals surface area contributed by atoms with E-state index < -0.39 is 29.7 Å². The molecule has 0 bridgehead atoms. The molecule has 22 heavy (non-hydrogen) atoms. The summed E-state index contributed by atoms with van der Waals surface area (Å²) >= 11 is 0. The van der Waals surface area contributed by atoms with Crippen LogP contribution in [0.15, 0.2) is 48.5 Å². The van der Waals surface area contributed by atoms with Gasteiger partial charge in [-0.1, -0.05) is 36.4 Å². The van der Waals surface area contributed by atoms with E-state index in [0.717, 1.165) is 12.1 Å². The molecule has 0 aliphatic carbocycles. The van der Waals surface area contributed by atoms with Gasteiger partial charge in [0.15, 0.2) is 6.10 Å². The van der Waals surface area contributed by atoms with Crippen molar-refractivity contribution in [1.82, 2.24) is 5.32 Å². The van der Waals surface area contributed by atoms with Crippen molar-refractivity contribution in [3.8, 4) is 6.07 Å². The summed E-state index contributed by atoms with van der Waals surface area (Å²) in [5.41, 5.74) is 0.175. The van der Waals surface area contributed by atoms with Crippen molar-refractivity contribution in [2.45, 2.75) is 12.1 Å². The molecule has 0 saturated carbocycles. The van der Waals surface area contributed by atoms with Crippen LogP contribution >= 0.6 is 0 Å². The van der Waals surface area contributed by atoms with Gasteiger partial charge in [0.25, 0.3) is 5.91 Å². The highest BCUT2D eigenvalue weighted by Crippen LogP contribution is 2.19. The molecule has 2 unspecified atom stereocenters. The molecule has 2 aromatic carbocycles. The fourth-order valence-corrected chi connectivity index (χ4v) is 1.92. The fraction of sp³-hybridized carbons (Fsp3) is 0.125. The second kappa shape index (κ2) is 6.78. The van der Waals surface area contributed by atoms with Crippen LogP contribution in [0.25, 0.3) is 0 Å². The van der Waals surface area contributed by atoms with E-state index in [1.807, 2.05) is 0 Å². The van der Waals surface area contributed by atoms with Crippen molar-refractivity contribution < 1.29 is 18.7 Å². The van der Waals surface area contributed by atoms with Crippen LogP contribution in [0.3, 0.4) is 0 Å². The number of nitriles is 1. The predicted octanol–water partition coefficient (Wildman–Crippen LogP) is 2.38.